The SMILES string of the molecule is CCCNCc1ccc(N2CCCC(CCO)C2)cc1Br. The molecule has 0 amide bonds. The maximum absolute atomic E-state index is 9.13. The molecule has 2 N–H and O–H groups in total. The normalized spacial score (nSPS) is 19.0. The largest absolute Gasteiger partial charge is 0.396 e. The average Bonchev–Trinajstić information content (AvgIpc) is 2.50. The topological polar surface area (TPSA) is 35.5 Å². The molecule has 0 bridgehead atoms. The van der Waals surface area contributed by atoms with Crippen LogP contribution in [0.4, 0.5) is 5.69 Å². The monoisotopic (exact) mass is 354 g/mol. The van der Waals surface area contributed by atoms with Crippen molar-refractivity contribution in [2.45, 2.75) is 39.2 Å². The molecule has 1 saturated heterocycles. The molecule has 4 heteroatoms. The summed E-state index contributed by atoms with van der Waals surface area (Å²) in [5, 5.41) is 12.6. The number of piperidine rings is 1. The van der Waals surface area contributed by atoms with Crippen LogP contribution in [0.15, 0.2) is 22.7 Å². The molecule has 2 rings (SSSR count). The molecule has 0 radical (unpaired) electrons. The van der Waals surface area contributed by atoms with Gasteiger partial charge in [0.15, 0.2) is 0 Å². The molecule has 21 heavy (non-hydrogen) atoms. The van der Waals surface area contributed by atoms with Gasteiger partial charge in [-0.15, -0.1) is 0 Å². The van der Waals surface area contributed by atoms with Crippen molar-refractivity contribution >= 4 is 21.6 Å². The molecule has 3 nitrogen and oxygen atoms in total. The van der Waals surface area contributed by atoms with Gasteiger partial charge >= 0.3 is 0 Å². The van der Waals surface area contributed by atoms with Gasteiger partial charge < -0.3 is 15.3 Å². The minimum atomic E-state index is 0.310. The van der Waals surface area contributed by atoms with Crippen molar-refractivity contribution in [2.24, 2.45) is 5.92 Å². The first-order valence-electron chi connectivity index (χ1n) is 8.09. The molecule has 1 aliphatic rings. The van der Waals surface area contributed by atoms with E-state index in [1.807, 2.05) is 0 Å². The summed E-state index contributed by atoms with van der Waals surface area (Å²) >= 11 is 3.71. The van der Waals surface area contributed by atoms with Gasteiger partial charge in [0.05, 0.1) is 0 Å². The van der Waals surface area contributed by atoms with Crippen molar-refractivity contribution in [1.29, 1.82) is 0 Å². The molecule has 1 aliphatic heterocycles. The number of rotatable bonds is 7. The average molecular weight is 355 g/mol. The summed E-state index contributed by atoms with van der Waals surface area (Å²) in [6.07, 6.45) is 4.56. The first kappa shape index (κ1) is 16.8. The van der Waals surface area contributed by atoms with Gasteiger partial charge in [-0.2, -0.15) is 0 Å². The van der Waals surface area contributed by atoms with Crippen LogP contribution < -0.4 is 10.2 Å². The zero-order valence-electron chi connectivity index (χ0n) is 12.9. The molecule has 118 valence electrons. The molecule has 0 aliphatic carbocycles. The Labute approximate surface area is 136 Å². The van der Waals surface area contributed by atoms with Crippen molar-refractivity contribution < 1.29 is 5.11 Å². The van der Waals surface area contributed by atoms with E-state index in [1.165, 1.54) is 28.6 Å². The van der Waals surface area contributed by atoms with Gasteiger partial charge in [-0.05, 0) is 55.8 Å². The summed E-state index contributed by atoms with van der Waals surface area (Å²) in [5.74, 6) is 0.633. The molecule has 0 aromatic heterocycles. The Bertz CT molecular complexity index is 437. The summed E-state index contributed by atoms with van der Waals surface area (Å²) in [6.45, 7) is 6.67. The van der Waals surface area contributed by atoms with Gasteiger partial charge in [0.1, 0.15) is 0 Å². The summed E-state index contributed by atoms with van der Waals surface area (Å²) < 4.78 is 1.19. The van der Waals surface area contributed by atoms with E-state index >= 15 is 0 Å². The van der Waals surface area contributed by atoms with Crippen molar-refractivity contribution in [3.63, 3.8) is 0 Å². The number of nitrogens with one attached hydrogen (secondary N) is 1. The number of nitrogens with zero attached hydrogens (tertiary/aromatic N) is 1. The van der Waals surface area contributed by atoms with Crippen LogP contribution in [0.25, 0.3) is 0 Å². The van der Waals surface area contributed by atoms with Crippen molar-refractivity contribution in [3.05, 3.63) is 28.2 Å². The van der Waals surface area contributed by atoms with Crippen LogP contribution in [0.1, 0.15) is 38.2 Å². The lowest BCUT2D eigenvalue weighted by Crippen LogP contribution is -2.35. The highest BCUT2D eigenvalue weighted by Crippen LogP contribution is 2.28. The summed E-state index contributed by atoms with van der Waals surface area (Å²) in [5.41, 5.74) is 2.61. The summed E-state index contributed by atoms with van der Waals surface area (Å²) in [4.78, 5) is 2.46. The van der Waals surface area contributed by atoms with Crippen LogP contribution in [0.3, 0.4) is 0 Å². The predicted octanol–water partition coefficient (Wildman–Crippen LogP) is 3.55. The fourth-order valence-corrected chi connectivity index (χ4v) is 3.50. The molecule has 1 unspecified atom stereocenters. The van der Waals surface area contributed by atoms with Crippen LogP contribution in [0.5, 0.6) is 0 Å². The van der Waals surface area contributed by atoms with Crippen LogP contribution in [0.2, 0.25) is 0 Å². The minimum absolute atomic E-state index is 0.310. The van der Waals surface area contributed by atoms with Crippen molar-refractivity contribution in [2.75, 3.05) is 31.1 Å². The van der Waals surface area contributed by atoms with E-state index in [-0.39, 0.29) is 0 Å². The van der Waals surface area contributed by atoms with E-state index in [0.29, 0.717) is 12.5 Å². The van der Waals surface area contributed by atoms with E-state index in [2.05, 4.69) is 51.3 Å². The lowest BCUT2D eigenvalue weighted by atomic mass is 9.94. The molecule has 1 heterocycles. The Morgan fingerprint density at radius 2 is 2.29 bits per heavy atom. The molecule has 1 fully saturated rings. The van der Waals surface area contributed by atoms with Crippen LogP contribution >= 0.6 is 15.9 Å². The number of anilines is 1. The highest BCUT2D eigenvalue weighted by atomic mass is 79.9. The Balaban J connectivity index is 1.98. The first-order chi connectivity index (χ1) is 10.2. The Kier molecular flexibility index (Phi) is 7.00. The number of aliphatic hydroxyl groups excluding tert-OH is 1. The van der Waals surface area contributed by atoms with Crippen molar-refractivity contribution in [3.8, 4) is 0 Å². The summed E-state index contributed by atoms with van der Waals surface area (Å²) in [7, 11) is 0. The molecular formula is C17H27BrN2O. The Morgan fingerprint density at radius 1 is 1.43 bits per heavy atom. The number of hydrogen-bond acceptors (Lipinski definition) is 3. The van der Waals surface area contributed by atoms with E-state index in [4.69, 9.17) is 5.11 Å². The van der Waals surface area contributed by atoms with Gasteiger partial charge in [0.2, 0.25) is 0 Å². The third-order valence-electron chi connectivity index (χ3n) is 4.20. The fourth-order valence-electron chi connectivity index (χ4n) is 2.99. The van der Waals surface area contributed by atoms with Crippen LogP contribution in [-0.2, 0) is 6.54 Å². The molecule has 1 aromatic rings. The third-order valence-corrected chi connectivity index (χ3v) is 4.94. The first-order valence-corrected chi connectivity index (χ1v) is 8.88. The van der Waals surface area contributed by atoms with Crippen LogP contribution in [0, 0.1) is 5.92 Å². The maximum atomic E-state index is 9.13. The van der Waals surface area contributed by atoms with Gasteiger partial charge in [-0.3, -0.25) is 0 Å². The second kappa shape index (κ2) is 8.76. The number of benzene rings is 1. The van der Waals surface area contributed by atoms with Gasteiger partial charge in [0, 0.05) is 36.4 Å². The number of halogens is 1. The molecule has 0 saturated carbocycles. The molecular weight excluding hydrogens is 328 g/mol. The second-order valence-electron chi connectivity index (χ2n) is 5.92. The van der Waals surface area contributed by atoms with Gasteiger partial charge in [0.25, 0.3) is 0 Å². The van der Waals surface area contributed by atoms with Gasteiger partial charge in [-0.25, -0.2) is 0 Å². The standard InChI is InChI=1S/C17H27BrN2O/c1-2-8-19-12-15-5-6-16(11-17(15)18)20-9-3-4-14(13-20)7-10-21/h5-6,11,14,19,21H,2-4,7-10,12-13H2,1H3. The van der Waals surface area contributed by atoms with E-state index in [9.17, 15) is 0 Å². The van der Waals surface area contributed by atoms with E-state index in [0.717, 1.165) is 39.0 Å². The smallest absolute Gasteiger partial charge is 0.0434 e. The third kappa shape index (κ3) is 4.97. The molecule has 1 atom stereocenters. The van der Waals surface area contributed by atoms with E-state index < -0.39 is 0 Å². The van der Waals surface area contributed by atoms with Crippen LogP contribution in [-0.4, -0.2) is 31.3 Å². The number of aliphatic hydroxyl groups is 1. The van der Waals surface area contributed by atoms with Crippen molar-refractivity contribution in [1.82, 2.24) is 5.32 Å². The molecule has 0 spiro atoms. The zero-order valence-corrected chi connectivity index (χ0v) is 14.5. The Morgan fingerprint density at radius 3 is 3.00 bits per heavy atom. The fraction of sp³-hybridized carbons (Fsp3) is 0.647. The Hall–Kier alpha value is -0.580. The van der Waals surface area contributed by atoms with E-state index in [1.54, 1.807) is 0 Å². The second-order valence-corrected chi connectivity index (χ2v) is 6.77. The quantitative estimate of drug-likeness (QED) is 0.735. The number of hydrogen-bond donors (Lipinski definition) is 2. The lowest BCUT2D eigenvalue weighted by Gasteiger charge is -2.34. The highest BCUT2D eigenvalue weighted by molar-refractivity contribution is 9.10. The lowest BCUT2D eigenvalue weighted by molar-refractivity contribution is 0.244. The predicted molar refractivity (Wildman–Crippen MR) is 92.8 cm³/mol. The minimum Gasteiger partial charge on any atom is -0.396 e. The zero-order chi connectivity index (χ0) is 15.1. The maximum Gasteiger partial charge on any atom is 0.0434 e. The highest BCUT2D eigenvalue weighted by Gasteiger charge is 2.20. The molecule has 1 aromatic carbocycles. The van der Waals surface area contributed by atoms with Gasteiger partial charge in [-0.1, -0.05) is 28.9 Å². The summed E-state index contributed by atoms with van der Waals surface area (Å²) in [6, 6.07) is 6.69.